The summed E-state index contributed by atoms with van der Waals surface area (Å²) in [6, 6.07) is 7.51. The maximum absolute atomic E-state index is 12.8. The van der Waals surface area contributed by atoms with Crippen molar-refractivity contribution in [2.75, 3.05) is 13.8 Å². The van der Waals surface area contributed by atoms with Gasteiger partial charge in [0.25, 0.3) is 0 Å². The van der Waals surface area contributed by atoms with Crippen LogP contribution < -0.4 is 0 Å². The molecule has 82 valence electrons. The second-order valence-corrected chi connectivity index (χ2v) is 3.49. The second kappa shape index (κ2) is 5.49. The molecule has 0 fully saturated rings. The van der Waals surface area contributed by atoms with Crippen LogP contribution in [0, 0.1) is 6.92 Å². The lowest BCUT2D eigenvalue weighted by Crippen LogP contribution is -2.11. The minimum absolute atomic E-state index is 0.0951. The number of ether oxygens (including phenoxy) is 1. The highest BCUT2D eigenvalue weighted by Gasteiger charge is 2.17. The van der Waals surface area contributed by atoms with Gasteiger partial charge in [0, 0.05) is 5.92 Å². The Bertz CT molecular complexity index is 336. The fourth-order valence-corrected chi connectivity index (χ4v) is 1.58. The maximum Gasteiger partial charge on any atom is 0.306 e. The Labute approximate surface area is 89.1 Å². The summed E-state index contributed by atoms with van der Waals surface area (Å²) in [6.07, 6.45) is 0.0951. The third kappa shape index (κ3) is 3.05. The van der Waals surface area contributed by atoms with Crippen molar-refractivity contribution in [1.82, 2.24) is 0 Å². The van der Waals surface area contributed by atoms with Gasteiger partial charge in [-0.05, 0) is 18.1 Å². The van der Waals surface area contributed by atoms with Gasteiger partial charge in [-0.2, -0.15) is 0 Å². The molecule has 0 aliphatic rings. The van der Waals surface area contributed by atoms with Crippen LogP contribution in [0.3, 0.4) is 0 Å². The number of alkyl halides is 1. The van der Waals surface area contributed by atoms with Crippen molar-refractivity contribution in [3.8, 4) is 0 Å². The van der Waals surface area contributed by atoms with Gasteiger partial charge in [-0.15, -0.1) is 0 Å². The number of aryl methyl sites for hydroxylation is 1. The molecule has 0 heterocycles. The van der Waals surface area contributed by atoms with E-state index in [0.29, 0.717) is 0 Å². The monoisotopic (exact) mass is 210 g/mol. The topological polar surface area (TPSA) is 26.3 Å². The van der Waals surface area contributed by atoms with E-state index in [0.717, 1.165) is 11.1 Å². The Kier molecular flexibility index (Phi) is 4.28. The van der Waals surface area contributed by atoms with Crippen molar-refractivity contribution in [3.05, 3.63) is 35.4 Å². The number of carbonyl (C=O) groups is 1. The van der Waals surface area contributed by atoms with Gasteiger partial charge in [0.15, 0.2) is 0 Å². The van der Waals surface area contributed by atoms with E-state index in [4.69, 9.17) is 0 Å². The first-order chi connectivity index (χ1) is 7.19. The molecule has 15 heavy (non-hydrogen) atoms. The number of carbonyl (C=O) groups excluding carboxylic acids is 1. The zero-order valence-corrected chi connectivity index (χ0v) is 9.00. The Morgan fingerprint density at radius 3 is 2.67 bits per heavy atom. The predicted molar refractivity (Wildman–Crippen MR) is 56.5 cm³/mol. The number of hydrogen-bond acceptors (Lipinski definition) is 2. The molecule has 0 radical (unpaired) electrons. The molecule has 1 aromatic carbocycles. The van der Waals surface area contributed by atoms with Crippen LogP contribution in [0.15, 0.2) is 24.3 Å². The van der Waals surface area contributed by atoms with Gasteiger partial charge in [0.05, 0.1) is 20.2 Å². The van der Waals surface area contributed by atoms with Crippen LogP contribution >= 0.6 is 0 Å². The number of hydrogen-bond donors (Lipinski definition) is 0. The van der Waals surface area contributed by atoms with E-state index in [1.807, 2.05) is 31.2 Å². The van der Waals surface area contributed by atoms with Gasteiger partial charge in [0.1, 0.15) is 0 Å². The van der Waals surface area contributed by atoms with Crippen molar-refractivity contribution in [1.29, 1.82) is 0 Å². The molecule has 0 aromatic heterocycles. The SMILES string of the molecule is COC(=O)C[C@@H](CF)c1ccccc1C. The van der Waals surface area contributed by atoms with Gasteiger partial charge < -0.3 is 4.74 Å². The van der Waals surface area contributed by atoms with Gasteiger partial charge >= 0.3 is 5.97 Å². The van der Waals surface area contributed by atoms with Crippen LogP contribution in [-0.4, -0.2) is 19.8 Å². The Hall–Kier alpha value is -1.38. The first-order valence-corrected chi connectivity index (χ1v) is 4.87. The van der Waals surface area contributed by atoms with Crippen LogP contribution in [-0.2, 0) is 9.53 Å². The summed E-state index contributed by atoms with van der Waals surface area (Å²) in [4.78, 5) is 11.1. The first kappa shape index (κ1) is 11.7. The smallest absolute Gasteiger partial charge is 0.306 e. The summed E-state index contributed by atoms with van der Waals surface area (Å²) in [5, 5.41) is 0. The average molecular weight is 210 g/mol. The molecule has 0 saturated heterocycles. The Balaban J connectivity index is 2.83. The third-order valence-corrected chi connectivity index (χ3v) is 2.46. The maximum atomic E-state index is 12.8. The molecule has 2 nitrogen and oxygen atoms in total. The van der Waals surface area contributed by atoms with Crippen molar-refractivity contribution in [2.24, 2.45) is 0 Å². The number of benzene rings is 1. The molecule has 0 spiro atoms. The summed E-state index contributed by atoms with van der Waals surface area (Å²) < 4.78 is 17.4. The van der Waals surface area contributed by atoms with Gasteiger partial charge in [-0.25, -0.2) is 0 Å². The molecule has 0 saturated carbocycles. The molecule has 3 heteroatoms. The highest BCUT2D eigenvalue weighted by Crippen LogP contribution is 2.23. The lowest BCUT2D eigenvalue weighted by Gasteiger charge is -2.14. The van der Waals surface area contributed by atoms with Crippen molar-refractivity contribution >= 4 is 5.97 Å². The van der Waals surface area contributed by atoms with Gasteiger partial charge in [0.2, 0.25) is 0 Å². The van der Waals surface area contributed by atoms with Crippen LogP contribution in [0.5, 0.6) is 0 Å². The average Bonchev–Trinajstić information content (AvgIpc) is 2.26. The fourth-order valence-electron chi connectivity index (χ4n) is 1.58. The van der Waals surface area contributed by atoms with E-state index in [9.17, 15) is 9.18 Å². The quantitative estimate of drug-likeness (QED) is 0.714. The number of rotatable bonds is 4. The molecule has 1 rings (SSSR count). The van der Waals surface area contributed by atoms with E-state index in [1.54, 1.807) is 0 Å². The van der Waals surface area contributed by atoms with E-state index < -0.39 is 12.6 Å². The molecular formula is C12H15FO2. The number of esters is 1. The normalized spacial score (nSPS) is 12.2. The predicted octanol–water partition coefficient (Wildman–Crippen LogP) is 2.61. The summed E-state index contributed by atoms with van der Waals surface area (Å²) in [5.41, 5.74) is 1.88. The van der Waals surface area contributed by atoms with E-state index in [1.165, 1.54) is 7.11 Å². The minimum atomic E-state index is -0.542. The van der Waals surface area contributed by atoms with E-state index in [-0.39, 0.29) is 12.4 Å². The summed E-state index contributed by atoms with van der Waals surface area (Å²) in [7, 11) is 1.31. The highest BCUT2D eigenvalue weighted by atomic mass is 19.1. The lowest BCUT2D eigenvalue weighted by atomic mass is 9.93. The zero-order valence-electron chi connectivity index (χ0n) is 9.00. The molecule has 1 aromatic rings. The molecule has 0 aliphatic heterocycles. The Morgan fingerprint density at radius 2 is 2.13 bits per heavy atom. The number of methoxy groups -OCH3 is 1. The molecule has 1 atom stereocenters. The first-order valence-electron chi connectivity index (χ1n) is 4.87. The highest BCUT2D eigenvalue weighted by molar-refractivity contribution is 5.70. The standard InChI is InChI=1S/C12H15FO2/c1-9-5-3-4-6-11(9)10(8-13)7-12(14)15-2/h3-6,10H,7-8H2,1-2H3/t10-/m0/s1. The molecule has 0 aliphatic carbocycles. The van der Waals surface area contributed by atoms with Crippen molar-refractivity contribution in [3.63, 3.8) is 0 Å². The Morgan fingerprint density at radius 1 is 1.47 bits per heavy atom. The zero-order chi connectivity index (χ0) is 11.3. The molecule has 0 N–H and O–H groups in total. The molecule has 0 unspecified atom stereocenters. The van der Waals surface area contributed by atoms with Crippen molar-refractivity contribution < 1.29 is 13.9 Å². The van der Waals surface area contributed by atoms with Crippen LogP contribution in [0.2, 0.25) is 0 Å². The molecule has 0 amide bonds. The molecule has 0 bridgehead atoms. The van der Waals surface area contributed by atoms with Crippen LogP contribution in [0.1, 0.15) is 23.5 Å². The lowest BCUT2D eigenvalue weighted by molar-refractivity contribution is -0.141. The molecular weight excluding hydrogens is 195 g/mol. The summed E-state index contributed by atoms with van der Waals surface area (Å²) in [5.74, 6) is -0.764. The van der Waals surface area contributed by atoms with Crippen LogP contribution in [0.4, 0.5) is 4.39 Å². The van der Waals surface area contributed by atoms with E-state index >= 15 is 0 Å². The van der Waals surface area contributed by atoms with Crippen LogP contribution in [0.25, 0.3) is 0 Å². The third-order valence-electron chi connectivity index (χ3n) is 2.46. The van der Waals surface area contributed by atoms with Gasteiger partial charge in [-0.1, -0.05) is 24.3 Å². The van der Waals surface area contributed by atoms with E-state index in [2.05, 4.69) is 4.74 Å². The second-order valence-electron chi connectivity index (χ2n) is 3.49. The van der Waals surface area contributed by atoms with Crippen molar-refractivity contribution in [2.45, 2.75) is 19.3 Å². The summed E-state index contributed by atoms with van der Waals surface area (Å²) in [6.45, 7) is 1.37. The fraction of sp³-hybridized carbons (Fsp3) is 0.417. The summed E-state index contributed by atoms with van der Waals surface area (Å²) >= 11 is 0. The minimum Gasteiger partial charge on any atom is -0.469 e. The van der Waals surface area contributed by atoms with Gasteiger partial charge in [-0.3, -0.25) is 9.18 Å². The largest absolute Gasteiger partial charge is 0.469 e. The number of halogens is 1.